The van der Waals surface area contributed by atoms with Gasteiger partial charge in [-0.25, -0.2) is 0 Å². The van der Waals surface area contributed by atoms with Crippen molar-refractivity contribution in [3.8, 4) is 11.1 Å². The lowest BCUT2D eigenvalue weighted by Crippen LogP contribution is -2.23. The molecule has 0 aliphatic carbocycles. The minimum Gasteiger partial charge on any atom is -0.396 e. The lowest BCUT2D eigenvalue weighted by molar-refractivity contribution is 0.322. The molecular formula is C18H23NOS. The summed E-state index contributed by atoms with van der Waals surface area (Å²) in [6.45, 7) is 3.32. The van der Waals surface area contributed by atoms with E-state index in [0.717, 1.165) is 18.1 Å². The fourth-order valence-electron chi connectivity index (χ4n) is 2.32. The van der Waals surface area contributed by atoms with Crippen molar-refractivity contribution in [3.63, 3.8) is 0 Å². The molecule has 2 N–H and O–H groups in total. The van der Waals surface area contributed by atoms with E-state index in [4.69, 9.17) is 5.11 Å². The van der Waals surface area contributed by atoms with E-state index in [1.165, 1.54) is 16.7 Å². The molecule has 2 nitrogen and oxygen atoms in total. The molecule has 0 fully saturated rings. The largest absolute Gasteiger partial charge is 0.396 e. The highest BCUT2D eigenvalue weighted by molar-refractivity contribution is 7.99. The predicted octanol–water partition coefficient (Wildman–Crippen LogP) is 3.73. The summed E-state index contributed by atoms with van der Waals surface area (Å²) < 4.78 is 0. The fourth-order valence-corrected chi connectivity index (χ4v) is 3.17. The summed E-state index contributed by atoms with van der Waals surface area (Å²) in [5.74, 6) is 1.78. The van der Waals surface area contributed by atoms with E-state index in [9.17, 15) is 0 Å². The van der Waals surface area contributed by atoms with Crippen LogP contribution in [0.3, 0.4) is 0 Å². The molecule has 21 heavy (non-hydrogen) atoms. The molecule has 3 heteroatoms. The van der Waals surface area contributed by atoms with E-state index in [1.807, 2.05) is 6.07 Å². The summed E-state index contributed by atoms with van der Waals surface area (Å²) in [5, 5.41) is 12.4. The number of aliphatic hydroxyl groups excluding tert-OH is 1. The standard InChI is InChI=1S/C18H23NOS/c1-2-19-18(14-21-13-12-20)17-10-8-16(9-11-17)15-6-4-3-5-7-15/h3-11,18-20H,2,12-14H2,1H3. The van der Waals surface area contributed by atoms with E-state index in [0.29, 0.717) is 6.04 Å². The highest BCUT2D eigenvalue weighted by Crippen LogP contribution is 2.23. The smallest absolute Gasteiger partial charge is 0.0521 e. The average molecular weight is 301 g/mol. The maximum atomic E-state index is 8.90. The SMILES string of the molecule is CCNC(CSCCO)c1ccc(-c2ccccc2)cc1. The lowest BCUT2D eigenvalue weighted by atomic mass is 10.0. The van der Waals surface area contributed by atoms with Gasteiger partial charge in [0, 0.05) is 17.5 Å². The second-order valence-corrected chi connectivity index (χ2v) is 6.05. The Kier molecular flexibility index (Phi) is 6.80. The Morgan fingerprint density at radius 1 is 1.00 bits per heavy atom. The van der Waals surface area contributed by atoms with Gasteiger partial charge in [0.2, 0.25) is 0 Å². The van der Waals surface area contributed by atoms with Gasteiger partial charge in [0.25, 0.3) is 0 Å². The Morgan fingerprint density at radius 3 is 2.29 bits per heavy atom. The fraction of sp³-hybridized carbons (Fsp3) is 0.333. The maximum absolute atomic E-state index is 8.90. The van der Waals surface area contributed by atoms with Gasteiger partial charge in [0.15, 0.2) is 0 Å². The number of benzene rings is 2. The summed E-state index contributed by atoms with van der Waals surface area (Å²) in [6.07, 6.45) is 0. The highest BCUT2D eigenvalue weighted by atomic mass is 32.2. The number of hydrogen-bond acceptors (Lipinski definition) is 3. The van der Waals surface area contributed by atoms with E-state index >= 15 is 0 Å². The monoisotopic (exact) mass is 301 g/mol. The molecule has 0 amide bonds. The first-order chi connectivity index (χ1) is 10.3. The van der Waals surface area contributed by atoms with E-state index in [-0.39, 0.29) is 6.61 Å². The molecule has 2 aromatic carbocycles. The van der Waals surface area contributed by atoms with Crippen LogP contribution in [0.15, 0.2) is 54.6 Å². The number of aliphatic hydroxyl groups is 1. The molecule has 2 aromatic rings. The molecule has 0 spiro atoms. The number of hydrogen-bond donors (Lipinski definition) is 2. The van der Waals surface area contributed by atoms with Gasteiger partial charge in [0.05, 0.1) is 6.61 Å². The quantitative estimate of drug-likeness (QED) is 0.729. The van der Waals surface area contributed by atoms with Gasteiger partial charge in [-0.3, -0.25) is 0 Å². The van der Waals surface area contributed by atoms with Gasteiger partial charge in [-0.05, 0) is 23.2 Å². The van der Waals surface area contributed by atoms with Crippen molar-refractivity contribution in [2.45, 2.75) is 13.0 Å². The molecule has 1 atom stereocenters. The van der Waals surface area contributed by atoms with Gasteiger partial charge in [0.1, 0.15) is 0 Å². The van der Waals surface area contributed by atoms with Crippen LogP contribution in [0.1, 0.15) is 18.5 Å². The van der Waals surface area contributed by atoms with E-state index in [1.54, 1.807) is 11.8 Å². The zero-order chi connectivity index (χ0) is 14.9. The van der Waals surface area contributed by atoms with Crippen LogP contribution in [-0.4, -0.2) is 29.8 Å². The third-order valence-electron chi connectivity index (χ3n) is 3.39. The van der Waals surface area contributed by atoms with E-state index < -0.39 is 0 Å². The Morgan fingerprint density at radius 2 is 1.67 bits per heavy atom. The minimum absolute atomic E-state index is 0.246. The number of thioether (sulfide) groups is 1. The van der Waals surface area contributed by atoms with Crippen LogP contribution >= 0.6 is 11.8 Å². The Bertz CT molecular complexity index is 513. The summed E-state index contributed by atoms with van der Waals surface area (Å²) in [7, 11) is 0. The van der Waals surface area contributed by atoms with Gasteiger partial charge in [-0.15, -0.1) is 0 Å². The van der Waals surface area contributed by atoms with Crippen molar-refractivity contribution >= 4 is 11.8 Å². The van der Waals surface area contributed by atoms with Crippen molar-refractivity contribution < 1.29 is 5.11 Å². The predicted molar refractivity (Wildman–Crippen MR) is 92.7 cm³/mol. The summed E-state index contributed by atoms with van der Waals surface area (Å²) in [6, 6.07) is 19.6. The molecule has 0 bridgehead atoms. The third-order valence-corrected chi connectivity index (χ3v) is 4.43. The van der Waals surface area contributed by atoms with Crippen LogP contribution in [0.4, 0.5) is 0 Å². The van der Waals surface area contributed by atoms with Gasteiger partial charge < -0.3 is 10.4 Å². The molecule has 0 heterocycles. The first kappa shape index (κ1) is 16.1. The Balaban J connectivity index is 2.08. The molecule has 112 valence electrons. The van der Waals surface area contributed by atoms with Crippen molar-refractivity contribution in [2.75, 3.05) is 24.7 Å². The number of nitrogens with one attached hydrogen (secondary N) is 1. The normalized spacial score (nSPS) is 12.3. The highest BCUT2D eigenvalue weighted by Gasteiger charge is 2.10. The van der Waals surface area contributed by atoms with Crippen LogP contribution < -0.4 is 5.32 Å². The van der Waals surface area contributed by atoms with Crippen molar-refractivity contribution in [1.29, 1.82) is 0 Å². The maximum Gasteiger partial charge on any atom is 0.0521 e. The first-order valence-electron chi connectivity index (χ1n) is 7.42. The molecule has 2 rings (SSSR count). The molecule has 1 unspecified atom stereocenters. The third kappa shape index (κ3) is 4.88. The van der Waals surface area contributed by atoms with Crippen LogP contribution in [0.25, 0.3) is 11.1 Å². The second kappa shape index (κ2) is 8.88. The molecule has 0 saturated heterocycles. The van der Waals surface area contributed by atoms with Crippen molar-refractivity contribution in [3.05, 3.63) is 60.2 Å². The van der Waals surface area contributed by atoms with Crippen LogP contribution in [-0.2, 0) is 0 Å². The first-order valence-corrected chi connectivity index (χ1v) is 8.58. The number of rotatable bonds is 8. The minimum atomic E-state index is 0.246. The summed E-state index contributed by atoms with van der Waals surface area (Å²) >= 11 is 1.78. The summed E-state index contributed by atoms with van der Waals surface area (Å²) in [4.78, 5) is 0. The molecular weight excluding hydrogens is 278 g/mol. The molecule has 0 aromatic heterocycles. The van der Waals surface area contributed by atoms with Crippen LogP contribution in [0, 0.1) is 0 Å². The Labute approximate surface area is 131 Å². The molecule has 0 saturated carbocycles. The topological polar surface area (TPSA) is 32.3 Å². The Hall–Kier alpha value is -1.29. The van der Waals surface area contributed by atoms with Gasteiger partial charge in [-0.1, -0.05) is 61.5 Å². The average Bonchev–Trinajstić information content (AvgIpc) is 2.55. The zero-order valence-electron chi connectivity index (χ0n) is 12.5. The van der Waals surface area contributed by atoms with Gasteiger partial charge in [-0.2, -0.15) is 11.8 Å². The zero-order valence-corrected chi connectivity index (χ0v) is 13.3. The molecule has 0 radical (unpaired) electrons. The molecule has 0 aliphatic rings. The van der Waals surface area contributed by atoms with Crippen molar-refractivity contribution in [2.24, 2.45) is 0 Å². The van der Waals surface area contributed by atoms with Crippen LogP contribution in [0.2, 0.25) is 0 Å². The lowest BCUT2D eigenvalue weighted by Gasteiger charge is -2.18. The van der Waals surface area contributed by atoms with Gasteiger partial charge >= 0.3 is 0 Å². The molecule has 0 aliphatic heterocycles. The van der Waals surface area contributed by atoms with Crippen LogP contribution in [0.5, 0.6) is 0 Å². The van der Waals surface area contributed by atoms with E-state index in [2.05, 4.69) is 60.8 Å². The van der Waals surface area contributed by atoms with Crippen molar-refractivity contribution in [1.82, 2.24) is 5.32 Å². The summed E-state index contributed by atoms with van der Waals surface area (Å²) in [5.41, 5.74) is 3.80. The second-order valence-electron chi connectivity index (χ2n) is 4.90.